The highest BCUT2D eigenvalue weighted by Gasteiger charge is 2.16. The van der Waals surface area contributed by atoms with Gasteiger partial charge < -0.3 is 5.11 Å². The first-order valence-electron chi connectivity index (χ1n) is 5.60. The summed E-state index contributed by atoms with van der Waals surface area (Å²) in [6.07, 6.45) is 0. The number of hydrogen-bond acceptors (Lipinski definition) is 4. The molecule has 19 heavy (non-hydrogen) atoms. The highest BCUT2D eigenvalue weighted by atomic mass is 32.2. The van der Waals surface area contributed by atoms with Gasteiger partial charge in [0, 0.05) is 11.5 Å². The molecule has 0 saturated carbocycles. The van der Waals surface area contributed by atoms with Gasteiger partial charge in [-0.1, -0.05) is 26.0 Å². The third-order valence-corrected chi connectivity index (χ3v) is 3.80. The second-order valence-electron chi connectivity index (χ2n) is 4.26. The lowest BCUT2D eigenvalue weighted by atomic mass is 10.0. The van der Waals surface area contributed by atoms with Crippen LogP contribution in [0.3, 0.4) is 0 Å². The minimum absolute atomic E-state index is 0.0749. The minimum atomic E-state index is -3.86. The van der Waals surface area contributed by atoms with E-state index in [2.05, 4.69) is 0 Å². The fourth-order valence-corrected chi connectivity index (χ4v) is 2.35. The second-order valence-corrected chi connectivity index (χ2v) is 6.03. The molecular formula is C12H15NO5S. The van der Waals surface area contributed by atoms with Crippen LogP contribution in [0.15, 0.2) is 29.2 Å². The topological polar surface area (TPSA) is 101 Å². The summed E-state index contributed by atoms with van der Waals surface area (Å²) in [4.78, 5) is 21.9. The smallest absolute Gasteiger partial charge is 0.318 e. The molecule has 1 aromatic rings. The van der Waals surface area contributed by atoms with E-state index < -0.39 is 22.5 Å². The Morgan fingerprint density at radius 3 is 2.16 bits per heavy atom. The van der Waals surface area contributed by atoms with Crippen LogP contribution in [0, 0.1) is 5.92 Å². The average molecular weight is 285 g/mol. The summed E-state index contributed by atoms with van der Waals surface area (Å²) in [5.74, 6) is -1.52. The van der Waals surface area contributed by atoms with Crippen molar-refractivity contribution in [2.75, 3.05) is 6.54 Å². The van der Waals surface area contributed by atoms with Crippen molar-refractivity contribution in [3.8, 4) is 0 Å². The Kier molecular flexibility index (Phi) is 4.79. The molecule has 1 aromatic carbocycles. The van der Waals surface area contributed by atoms with E-state index >= 15 is 0 Å². The zero-order chi connectivity index (χ0) is 14.6. The molecule has 0 heterocycles. The summed E-state index contributed by atoms with van der Waals surface area (Å²) in [5.41, 5.74) is 0.423. The lowest BCUT2D eigenvalue weighted by molar-refractivity contribution is -0.135. The quantitative estimate of drug-likeness (QED) is 0.756. The summed E-state index contributed by atoms with van der Waals surface area (Å²) in [6.45, 7) is 2.82. The van der Waals surface area contributed by atoms with Gasteiger partial charge in [-0.2, -0.15) is 4.72 Å². The normalized spacial score (nSPS) is 11.5. The third kappa shape index (κ3) is 4.15. The molecule has 1 rings (SSSR count). The molecule has 2 N–H and O–H groups in total. The number of carbonyl (C=O) groups excluding carboxylic acids is 1. The molecule has 7 heteroatoms. The highest BCUT2D eigenvalue weighted by Crippen LogP contribution is 2.13. The number of ketones is 1. The molecule has 0 aromatic heterocycles. The van der Waals surface area contributed by atoms with Crippen LogP contribution in [0.1, 0.15) is 24.2 Å². The molecule has 104 valence electrons. The van der Waals surface area contributed by atoms with Gasteiger partial charge >= 0.3 is 5.97 Å². The number of nitrogens with one attached hydrogen (secondary N) is 1. The van der Waals surface area contributed by atoms with Gasteiger partial charge in [0.25, 0.3) is 0 Å². The molecule has 0 spiro atoms. The van der Waals surface area contributed by atoms with E-state index in [-0.39, 0.29) is 16.6 Å². The zero-order valence-electron chi connectivity index (χ0n) is 10.6. The summed E-state index contributed by atoms with van der Waals surface area (Å²) < 4.78 is 25.3. The number of carboxylic acids is 1. The summed E-state index contributed by atoms with van der Waals surface area (Å²) >= 11 is 0. The van der Waals surface area contributed by atoms with Crippen molar-refractivity contribution in [1.82, 2.24) is 4.72 Å². The van der Waals surface area contributed by atoms with Gasteiger partial charge in [0.15, 0.2) is 5.78 Å². The third-order valence-electron chi connectivity index (χ3n) is 2.39. The van der Waals surface area contributed by atoms with Gasteiger partial charge in [0.2, 0.25) is 10.0 Å². The van der Waals surface area contributed by atoms with Crippen molar-refractivity contribution < 1.29 is 23.1 Å². The fourth-order valence-electron chi connectivity index (χ4n) is 1.37. The van der Waals surface area contributed by atoms with Gasteiger partial charge in [-0.15, -0.1) is 0 Å². The number of rotatable bonds is 6. The fraction of sp³-hybridized carbons (Fsp3) is 0.333. The number of hydrogen-bond donors (Lipinski definition) is 2. The van der Waals surface area contributed by atoms with Crippen LogP contribution in [-0.4, -0.2) is 31.8 Å². The number of benzene rings is 1. The molecule has 0 aliphatic rings. The first-order chi connectivity index (χ1) is 8.74. The first-order valence-corrected chi connectivity index (χ1v) is 7.08. The second kappa shape index (κ2) is 5.94. The van der Waals surface area contributed by atoms with Crippen LogP contribution in [-0.2, 0) is 14.8 Å². The minimum Gasteiger partial charge on any atom is -0.480 e. The van der Waals surface area contributed by atoms with Crippen LogP contribution >= 0.6 is 0 Å². The van der Waals surface area contributed by atoms with Gasteiger partial charge in [-0.25, -0.2) is 8.42 Å². The van der Waals surface area contributed by atoms with E-state index in [1.165, 1.54) is 24.3 Å². The van der Waals surface area contributed by atoms with Gasteiger partial charge in [0.05, 0.1) is 4.90 Å². The Hall–Kier alpha value is -1.73. The Balaban J connectivity index is 2.92. The summed E-state index contributed by atoms with van der Waals surface area (Å²) in [7, 11) is -3.86. The number of carbonyl (C=O) groups is 2. The van der Waals surface area contributed by atoms with Crippen LogP contribution in [0.2, 0.25) is 0 Å². The first kappa shape index (κ1) is 15.3. The van der Waals surface area contributed by atoms with Crippen LogP contribution in [0.25, 0.3) is 0 Å². The lowest BCUT2D eigenvalue weighted by Crippen LogP contribution is -2.29. The van der Waals surface area contributed by atoms with Gasteiger partial charge in [-0.05, 0) is 12.1 Å². The van der Waals surface area contributed by atoms with Crippen LogP contribution in [0.5, 0.6) is 0 Å². The standard InChI is InChI=1S/C12H15NO5S/c1-8(2)12(16)9-3-5-10(6-4-9)19(17,18)13-7-11(14)15/h3-6,8,13H,7H2,1-2H3,(H,14,15). The van der Waals surface area contributed by atoms with Crippen molar-refractivity contribution in [3.63, 3.8) is 0 Å². The van der Waals surface area contributed by atoms with Crippen molar-refractivity contribution in [1.29, 1.82) is 0 Å². The molecule has 0 bridgehead atoms. The van der Waals surface area contributed by atoms with Crippen molar-refractivity contribution in [3.05, 3.63) is 29.8 Å². The predicted octanol–water partition coefficient (Wildman–Crippen LogP) is 0.888. The maximum absolute atomic E-state index is 11.7. The molecular weight excluding hydrogens is 270 g/mol. The maximum atomic E-state index is 11.7. The molecule has 0 radical (unpaired) electrons. The van der Waals surface area contributed by atoms with E-state index in [1.54, 1.807) is 13.8 Å². The van der Waals surface area contributed by atoms with Crippen molar-refractivity contribution in [2.45, 2.75) is 18.7 Å². The van der Waals surface area contributed by atoms with E-state index in [0.717, 1.165) is 0 Å². The van der Waals surface area contributed by atoms with Crippen molar-refractivity contribution in [2.24, 2.45) is 5.92 Å². The molecule has 6 nitrogen and oxygen atoms in total. The molecule has 0 atom stereocenters. The van der Waals surface area contributed by atoms with E-state index in [4.69, 9.17) is 5.11 Å². The monoisotopic (exact) mass is 285 g/mol. The van der Waals surface area contributed by atoms with Crippen LogP contribution < -0.4 is 4.72 Å². The number of sulfonamides is 1. The Bertz CT molecular complexity index is 575. The summed E-state index contributed by atoms with van der Waals surface area (Å²) in [5, 5.41) is 8.43. The molecule has 0 fully saturated rings. The largest absolute Gasteiger partial charge is 0.480 e. The summed E-state index contributed by atoms with van der Waals surface area (Å²) in [6, 6.07) is 5.38. The van der Waals surface area contributed by atoms with E-state index in [0.29, 0.717) is 5.56 Å². The Morgan fingerprint density at radius 2 is 1.74 bits per heavy atom. The highest BCUT2D eigenvalue weighted by molar-refractivity contribution is 7.89. The average Bonchev–Trinajstić information content (AvgIpc) is 2.35. The predicted molar refractivity (Wildman–Crippen MR) is 68.4 cm³/mol. The van der Waals surface area contributed by atoms with Gasteiger partial charge in [0.1, 0.15) is 6.54 Å². The molecule has 0 saturated heterocycles. The SMILES string of the molecule is CC(C)C(=O)c1ccc(S(=O)(=O)NCC(=O)O)cc1. The van der Waals surface area contributed by atoms with E-state index in [1.807, 2.05) is 4.72 Å². The molecule has 0 aliphatic carbocycles. The molecule has 0 aliphatic heterocycles. The Labute approximate surface area is 111 Å². The van der Waals surface area contributed by atoms with E-state index in [9.17, 15) is 18.0 Å². The van der Waals surface area contributed by atoms with Crippen molar-refractivity contribution >= 4 is 21.8 Å². The van der Waals surface area contributed by atoms with Gasteiger partial charge in [-0.3, -0.25) is 9.59 Å². The number of Topliss-reactive ketones (excluding diaryl/α,β-unsaturated/α-hetero) is 1. The lowest BCUT2D eigenvalue weighted by Gasteiger charge is -2.07. The Morgan fingerprint density at radius 1 is 1.21 bits per heavy atom. The number of aliphatic carboxylic acids is 1. The number of carboxylic acid groups (broad SMARTS) is 1. The van der Waals surface area contributed by atoms with Crippen LogP contribution in [0.4, 0.5) is 0 Å². The molecule has 0 unspecified atom stereocenters. The zero-order valence-corrected chi connectivity index (χ0v) is 11.4. The molecule has 0 amide bonds. The maximum Gasteiger partial charge on any atom is 0.318 e.